The number of nitrogens with two attached hydrogens (primary N) is 1. The summed E-state index contributed by atoms with van der Waals surface area (Å²) < 4.78 is 20.1. The molecule has 0 saturated heterocycles. The molecule has 0 radical (unpaired) electrons. The van der Waals surface area contributed by atoms with Crippen molar-refractivity contribution in [2.75, 3.05) is 40.0 Å². The molecule has 2 aromatic rings. The maximum Gasteiger partial charge on any atom is 0.407 e. The molecule has 0 fully saturated rings. The Hall–Kier alpha value is -7.75. The van der Waals surface area contributed by atoms with Gasteiger partial charge in [-0.3, -0.25) is 28.8 Å². The molecule has 0 spiro atoms. The summed E-state index contributed by atoms with van der Waals surface area (Å²) in [5.41, 5.74) is 9.25. The van der Waals surface area contributed by atoms with Crippen molar-refractivity contribution in [2.45, 2.75) is 109 Å². The normalized spacial score (nSPS) is 13.1. The third kappa shape index (κ3) is 20.7. The van der Waals surface area contributed by atoms with Crippen LogP contribution < -0.4 is 37.6 Å². The molecule has 0 aliphatic heterocycles. The molecule has 5 atom stereocenters. The summed E-state index contributed by atoms with van der Waals surface area (Å²) >= 11 is 0. The fraction of sp³-hybridized carbons (Fsp3) is 0.460. The Morgan fingerprint density at radius 3 is 1.49 bits per heavy atom. The number of hydrogen-bond acceptors (Lipinski definition) is 16. The van der Waals surface area contributed by atoms with Gasteiger partial charge in [0.1, 0.15) is 61.6 Å². The van der Waals surface area contributed by atoms with E-state index < -0.39 is 96.7 Å². The maximum atomic E-state index is 13.0. The second-order valence-corrected chi connectivity index (χ2v) is 16.2. The van der Waals surface area contributed by atoms with Crippen LogP contribution in [0.2, 0.25) is 0 Å². The first-order valence-electron chi connectivity index (χ1n) is 23.2. The second kappa shape index (κ2) is 32.2. The molecule has 1 aliphatic carbocycles. The number of benzene rings is 2. The Bertz CT molecular complexity index is 2220. The quantitative estimate of drug-likeness (QED) is 0.0345. The number of ether oxygens (including phenoxy) is 4. The van der Waals surface area contributed by atoms with E-state index in [1.165, 1.54) is 26.0 Å². The molecule has 22 heteroatoms. The summed E-state index contributed by atoms with van der Waals surface area (Å²) in [4.78, 5) is 134. The van der Waals surface area contributed by atoms with Gasteiger partial charge in [0.25, 0.3) is 0 Å². The first kappa shape index (κ1) is 60.4. The molecule has 2 aromatic carbocycles. The minimum absolute atomic E-state index is 0.00422. The van der Waals surface area contributed by atoms with Gasteiger partial charge in [-0.1, -0.05) is 87.7 Å². The summed E-state index contributed by atoms with van der Waals surface area (Å²) in [7, 11) is 1.12. The van der Waals surface area contributed by atoms with E-state index in [-0.39, 0.29) is 76.0 Å². The predicted octanol–water partition coefficient (Wildman–Crippen LogP) is 1.47. The van der Waals surface area contributed by atoms with Crippen molar-refractivity contribution < 1.29 is 71.7 Å². The van der Waals surface area contributed by atoms with Gasteiger partial charge >= 0.3 is 24.0 Å². The van der Waals surface area contributed by atoms with E-state index in [2.05, 4.69) is 49.8 Å². The summed E-state index contributed by atoms with van der Waals surface area (Å²) in [6, 6.07) is 10.1. The first-order valence-corrected chi connectivity index (χ1v) is 23.2. The molecule has 22 nitrogen and oxygen atoms in total. The smallest absolute Gasteiger partial charge is 0.407 e. The molecule has 6 amide bonds. The number of nitrogens with one attached hydrogen (secondary N) is 6. The molecule has 0 saturated carbocycles. The van der Waals surface area contributed by atoms with E-state index in [9.17, 15) is 52.7 Å². The number of alkyl carbamates (subject to hydrolysis) is 1. The SMILES string of the molecule is C=CCOC(=O)C(CCC(C)=O)NC(=O)C(CC)NC(=O)CN.C=CCOC(=O)C(CCC(C)=O)NC(=O)C(CC)NC(=O)CNC(=O)C(CC(=O)OC)NC(=O)OCC1c2ccccc2-c2ccccc21. The third-order valence-corrected chi connectivity index (χ3v) is 10.7. The zero-order valence-corrected chi connectivity index (χ0v) is 41.3. The van der Waals surface area contributed by atoms with Gasteiger partial charge in [-0.2, -0.15) is 0 Å². The van der Waals surface area contributed by atoms with Crippen molar-refractivity contribution in [3.63, 3.8) is 0 Å². The van der Waals surface area contributed by atoms with Crippen molar-refractivity contribution in [1.82, 2.24) is 31.9 Å². The molecule has 392 valence electrons. The standard InChI is InChI=1S/C35H42N4O10.C15H25N3O5/c1-5-17-48-34(45)28(16-15-21(3)40)38-33(44)27(6-2)37-30(41)19-36-32(43)29(18-31(42)47-4)39-35(46)49-20-26-24-13-9-7-11-22(24)23-12-8-10-14-25(23)26;1-4-8-23-15(22)12(7-6-10(3)19)18-14(21)11(5-2)17-13(20)9-16/h5,7-14,26-29H,1,6,15-20H2,2-4H3,(H,36,43)(H,37,41)(H,38,44)(H,39,46);4,11-12H,1,5-9,16H2,2-3H3,(H,17,20)(H,18,21). The molecule has 0 bridgehead atoms. The fourth-order valence-corrected chi connectivity index (χ4v) is 6.96. The molecule has 5 unspecified atom stereocenters. The van der Waals surface area contributed by atoms with Gasteiger partial charge in [0.2, 0.25) is 29.5 Å². The lowest BCUT2D eigenvalue weighted by molar-refractivity contribution is -0.147. The topological polar surface area (TPSA) is 323 Å². The summed E-state index contributed by atoms with van der Waals surface area (Å²) in [5.74, 6) is -6.08. The Kier molecular flexibility index (Phi) is 27.0. The predicted molar refractivity (Wildman–Crippen MR) is 261 cm³/mol. The number of amides is 6. The monoisotopic (exact) mass is 1010 g/mol. The number of esters is 3. The van der Waals surface area contributed by atoms with Crippen LogP contribution in [0.15, 0.2) is 73.8 Å². The largest absolute Gasteiger partial charge is 0.469 e. The number of methoxy groups -OCH3 is 1. The minimum Gasteiger partial charge on any atom is -0.469 e. The number of ketones is 2. The van der Waals surface area contributed by atoms with E-state index in [4.69, 9.17) is 19.9 Å². The average Bonchev–Trinajstić information content (AvgIpc) is 3.69. The van der Waals surface area contributed by atoms with Crippen molar-refractivity contribution in [3.05, 3.63) is 85.0 Å². The Balaban J connectivity index is 0.000000649. The van der Waals surface area contributed by atoms with Crippen LogP contribution >= 0.6 is 0 Å². The van der Waals surface area contributed by atoms with E-state index in [0.29, 0.717) is 6.42 Å². The number of hydrogen-bond donors (Lipinski definition) is 7. The lowest BCUT2D eigenvalue weighted by Crippen LogP contribution is -2.54. The van der Waals surface area contributed by atoms with E-state index in [1.54, 1.807) is 13.8 Å². The molecule has 3 rings (SSSR count). The molecule has 0 heterocycles. The van der Waals surface area contributed by atoms with Gasteiger partial charge < -0.3 is 66.2 Å². The highest BCUT2D eigenvalue weighted by Crippen LogP contribution is 2.44. The average molecular weight is 1010 g/mol. The molecular weight excluding hydrogens is 939 g/mol. The van der Waals surface area contributed by atoms with E-state index in [1.807, 2.05) is 48.5 Å². The Morgan fingerprint density at radius 2 is 1.07 bits per heavy atom. The number of fused-ring (bicyclic) bond motifs is 3. The first-order chi connectivity index (χ1) is 34.3. The molecule has 0 aromatic heterocycles. The highest BCUT2D eigenvalue weighted by Gasteiger charge is 2.32. The van der Waals surface area contributed by atoms with Crippen LogP contribution in [0.4, 0.5) is 4.79 Å². The van der Waals surface area contributed by atoms with Gasteiger partial charge in [-0.05, 0) is 61.8 Å². The zero-order valence-electron chi connectivity index (χ0n) is 41.3. The van der Waals surface area contributed by atoms with Crippen molar-refractivity contribution in [2.24, 2.45) is 5.73 Å². The van der Waals surface area contributed by atoms with Crippen LogP contribution in [-0.4, -0.2) is 135 Å². The zero-order chi connectivity index (χ0) is 53.8. The highest BCUT2D eigenvalue weighted by molar-refractivity contribution is 5.95. The van der Waals surface area contributed by atoms with Crippen LogP contribution in [0.1, 0.15) is 89.7 Å². The lowest BCUT2D eigenvalue weighted by Gasteiger charge is -2.22. The Morgan fingerprint density at radius 1 is 0.611 bits per heavy atom. The van der Waals surface area contributed by atoms with Gasteiger partial charge in [0, 0.05) is 18.8 Å². The number of carbonyl (C=O) groups excluding carboxylic acids is 11. The number of carbonyl (C=O) groups is 11. The van der Waals surface area contributed by atoms with E-state index in [0.717, 1.165) is 29.4 Å². The molecule has 72 heavy (non-hydrogen) atoms. The molecular formula is C50H67N7O15. The number of Topliss-reactive ketones (excluding diaryl/α,β-unsaturated/α-hetero) is 2. The molecule has 1 aliphatic rings. The van der Waals surface area contributed by atoms with Crippen LogP contribution in [0.25, 0.3) is 11.1 Å². The molecule has 8 N–H and O–H groups in total. The van der Waals surface area contributed by atoms with Gasteiger partial charge in [0.05, 0.1) is 26.6 Å². The Labute approximate surface area is 418 Å². The highest BCUT2D eigenvalue weighted by atomic mass is 16.6. The van der Waals surface area contributed by atoms with Crippen molar-refractivity contribution in [1.29, 1.82) is 0 Å². The van der Waals surface area contributed by atoms with Crippen LogP contribution in [0, 0.1) is 0 Å². The van der Waals surface area contributed by atoms with Crippen molar-refractivity contribution >= 4 is 65.1 Å². The van der Waals surface area contributed by atoms with Crippen LogP contribution in [-0.2, 0) is 66.9 Å². The summed E-state index contributed by atoms with van der Waals surface area (Å²) in [6.45, 7) is 12.0. The number of rotatable bonds is 29. The third-order valence-electron chi connectivity index (χ3n) is 10.7. The van der Waals surface area contributed by atoms with Gasteiger partial charge in [-0.25, -0.2) is 14.4 Å². The van der Waals surface area contributed by atoms with Gasteiger partial charge in [0.15, 0.2) is 0 Å². The maximum absolute atomic E-state index is 13.0. The van der Waals surface area contributed by atoms with E-state index >= 15 is 0 Å². The lowest BCUT2D eigenvalue weighted by atomic mass is 9.98. The van der Waals surface area contributed by atoms with Crippen LogP contribution in [0.5, 0.6) is 0 Å². The van der Waals surface area contributed by atoms with Crippen LogP contribution in [0.3, 0.4) is 0 Å². The van der Waals surface area contributed by atoms with Gasteiger partial charge in [-0.15, -0.1) is 0 Å². The minimum atomic E-state index is -1.44. The summed E-state index contributed by atoms with van der Waals surface area (Å²) in [6.07, 6.45) is 1.97. The van der Waals surface area contributed by atoms with Crippen molar-refractivity contribution in [3.8, 4) is 11.1 Å². The fourth-order valence-electron chi connectivity index (χ4n) is 6.96. The second-order valence-electron chi connectivity index (χ2n) is 16.2. The summed E-state index contributed by atoms with van der Waals surface area (Å²) in [5, 5.41) is 14.6.